The Labute approximate surface area is 96.8 Å². The highest BCUT2D eigenvalue weighted by Crippen LogP contribution is 2.16. The summed E-state index contributed by atoms with van der Waals surface area (Å²) in [4.78, 5) is 10.4. The molecule has 1 rings (SSSR count). The highest BCUT2D eigenvalue weighted by Gasteiger charge is 2.26. The Morgan fingerprint density at radius 2 is 2.12 bits per heavy atom. The van der Waals surface area contributed by atoms with Crippen LogP contribution in [0.15, 0.2) is 5.03 Å². The number of rotatable bonds is 6. The molecule has 1 aromatic heterocycles. The Kier molecular flexibility index (Phi) is 4.02. The zero-order chi connectivity index (χ0) is 13.1. The first-order valence-corrected chi connectivity index (χ1v) is 6.28. The van der Waals surface area contributed by atoms with Crippen LogP contribution in [0.2, 0.25) is 0 Å². The fraction of sp³-hybridized carbons (Fsp3) is 0.571. The molecule has 0 saturated heterocycles. The molecule has 0 radical (unpaired) electrons. The van der Waals surface area contributed by atoms with Crippen LogP contribution in [0.25, 0.3) is 0 Å². The van der Waals surface area contributed by atoms with E-state index in [0.717, 1.165) is 4.68 Å². The third-order valence-electron chi connectivity index (χ3n) is 1.88. The lowest BCUT2D eigenvalue weighted by atomic mass is 10.4. The van der Waals surface area contributed by atoms with Crippen molar-refractivity contribution >= 4 is 21.6 Å². The average molecular weight is 264 g/mol. The largest absolute Gasteiger partial charge is 0.480 e. The lowest BCUT2D eigenvalue weighted by Crippen LogP contribution is -2.17. The van der Waals surface area contributed by atoms with Crippen molar-refractivity contribution in [3.8, 4) is 0 Å². The molecule has 0 aliphatic heterocycles. The van der Waals surface area contributed by atoms with Gasteiger partial charge in [-0.15, -0.1) is 5.10 Å². The van der Waals surface area contributed by atoms with Crippen molar-refractivity contribution in [2.75, 3.05) is 18.1 Å². The maximum Gasteiger partial charge on any atom is 0.319 e. The number of nitrogens with two attached hydrogens (primary N) is 1. The van der Waals surface area contributed by atoms with Gasteiger partial charge in [-0.1, -0.05) is 5.21 Å². The molecule has 96 valence electrons. The summed E-state index contributed by atoms with van der Waals surface area (Å²) in [6.45, 7) is 0.106. The minimum absolute atomic E-state index is 0.101. The van der Waals surface area contributed by atoms with Crippen LogP contribution in [0.1, 0.15) is 6.42 Å². The molecule has 0 bridgehead atoms. The van der Waals surface area contributed by atoms with E-state index in [-0.39, 0.29) is 19.0 Å². The molecule has 0 spiro atoms. The van der Waals surface area contributed by atoms with Crippen molar-refractivity contribution in [3.05, 3.63) is 0 Å². The van der Waals surface area contributed by atoms with E-state index < -0.39 is 26.6 Å². The van der Waals surface area contributed by atoms with Crippen molar-refractivity contribution in [1.29, 1.82) is 0 Å². The minimum atomic E-state index is -4.08. The summed E-state index contributed by atoms with van der Waals surface area (Å²) in [7, 11) is -4.08. The SMILES string of the molecule is Nc1c(S(=O)(=O)CC(=O)O)nnn1CCCO. The van der Waals surface area contributed by atoms with E-state index in [4.69, 9.17) is 15.9 Å². The van der Waals surface area contributed by atoms with E-state index in [9.17, 15) is 13.2 Å². The number of aliphatic hydroxyl groups excluding tert-OH is 1. The maximum atomic E-state index is 11.5. The zero-order valence-corrected chi connectivity index (χ0v) is 9.59. The van der Waals surface area contributed by atoms with Crippen molar-refractivity contribution < 1.29 is 23.4 Å². The van der Waals surface area contributed by atoms with Crippen molar-refractivity contribution in [2.24, 2.45) is 0 Å². The molecule has 0 fully saturated rings. The Hall–Kier alpha value is -1.68. The van der Waals surface area contributed by atoms with Gasteiger partial charge < -0.3 is 15.9 Å². The van der Waals surface area contributed by atoms with Crippen LogP contribution >= 0.6 is 0 Å². The third kappa shape index (κ3) is 3.14. The molecule has 0 aliphatic carbocycles. The summed E-state index contributed by atoms with van der Waals surface area (Å²) in [5.74, 6) is -2.80. The van der Waals surface area contributed by atoms with Crippen molar-refractivity contribution in [3.63, 3.8) is 0 Å². The number of aliphatic carboxylic acids is 1. The number of nitrogen functional groups attached to an aromatic ring is 1. The monoisotopic (exact) mass is 264 g/mol. The summed E-state index contributed by atoms with van der Waals surface area (Å²) in [6.07, 6.45) is 0.339. The van der Waals surface area contributed by atoms with E-state index in [1.807, 2.05) is 0 Å². The standard InChI is InChI=1S/C7H12N4O5S/c8-6-7(17(15,16)4-5(13)14)9-10-11(6)2-1-3-12/h12H,1-4,8H2,(H,13,14). The number of sulfone groups is 1. The number of aryl methyl sites for hydroxylation is 1. The molecule has 4 N–H and O–H groups in total. The summed E-state index contributed by atoms with van der Waals surface area (Å²) < 4.78 is 24.2. The normalized spacial score (nSPS) is 11.6. The highest BCUT2D eigenvalue weighted by atomic mass is 32.2. The molecular weight excluding hydrogens is 252 g/mol. The molecule has 0 amide bonds. The Morgan fingerprint density at radius 1 is 1.47 bits per heavy atom. The molecule has 0 aromatic carbocycles. The van der Waals surface area contributed by atoms with Crippen LogP contribution in [-0.2, 0) is 21.2 Å². The lowest BCUT2D eigenvalue weighted by Gasteiger charge is -2.01. The molecule has 0 aliphatic rings. The third-order valence-corrected chi connectivity index (χ3v) is 3.38. The Bertz CT molecular complexity index is 508. The summed E-state index contributed by atoms with van der Waals surface area (Å²) in [5.41, 5.74) is 5.49. The van der Waals surface area contributed by atoms with Crippen LogP contribution in [0.3, 0.4) is 0 Å². The second-order valence-electron chi connectivity index (χ2n) is 3.23. The lowest BCUT2D eigenvalue weighted by molar-refractivity contribution is -0.134. The molecule has 10 heteroatoms. The van der Waals surface area contributed by atoms with Crippen LogP contribution in [0.4, 0.5) is 5.82 Å². The van der Waals surface area contributed by atoms with Crippen molar-refractivity contribution in [2.45, 2.75) is 18.0 Å². The average Bonchev–Trinajstić information content (AvgIpc) is 2.55. The second kappa shape index (κ2) is 5.10. The van der Waals surface area contributed by atoms with Gasteiger partial charge in [-0.2, -0.15) is 0 Å². The first kappa shape index (κ1) is 13.4. The molecule has 0 unspecified atom stereocenters. The van der Waals surface area contributed by atoms with Gasteiger partial charge in [0.25, 0.3) is 0 Å². The first-order valence-electron chi connectivity index (χ1n) is 4.63. The highest BCUT2D eigenvalue weighted by molar-refractivity contribution is 7.92. The number of carboxylic acid groups (broad SMARTS) is 1. The molecule has 1 heterocycles. The van der Waals surface area contributed by atoms with Gasteiger partial charge in [0.15, 0.2) is 11.6 Å². The number of aromatic nitrogens is 3. The summed E-state index contributed by atoms with van der Waals surface area (Å²) in [5, 5.41) is 23.3. The predicted molar refractivity (Wildman–Crippen MR) is 55.8 cm³/mol. The Morgan fingerprint density at radius 3 is 2.65 bits per heavy atom. The zero-order valence-electron chi connectivity index (χ0n) is 8.77. The number of hydrogen-bond acceptors (Lipinski definition) is 7. The van der Waals surface area contributed by atoms with Crippen LogP contribution in [0, 0.1) is 0 Å². The first-order chi connectivity index (χ1) is 7.88. The molecule has 9 nitrogen and oxygen atoms in total. The van der Waals surface area contributed by atoms with Gasteiger partial charge in [-0.25, -0.2) is 13.1 Å². The predicted octanol–water partition coefficient (Wildman–Crippen LogP) is -1.90. The van der Waals surface area contributed by atoms with E-state index in [1.54, 1.807) is 0 Å². The number of aliphatic hydroxyl groups is 1. The quantitative estimate of drug-likeness (QED) is 0.539. The van der Waals surface area contributed by atoms with Gasteiger partial charge in [0, 0.05) is 13.2 Å². The van der Waals surface area contributed by atoms with E-state index in [2.05, 4.69) is 10.3 Å². The fourth-order valence-electron chi connectivity index (χ4n) is 1.14. The van der Waals surface area contributed by atoms with Gasteiger partial charge in [-0.3, -0.25) is 4.79 Å². The number of anilines is 1. The molecule has 1 aromatic rings. The number of carbonyl (C=O) groups is 1. The van der Waals surface area contributed by atoms with Crippen molar-refractivity contribution in [1.82, 2.24) is 15.0 Å². The van der Waals surface area contributed by atoms with Gasteiger partial charge in [0.1, 0.15) is 0 Å². The number of hydrogen-bond donors (Lipinski definition) is 3. The van der Waals surface area contributed by atoms with Gasteiger partial charge >= 0.3 is 5.97 Å². The molecule has 0 atom stereocenters. The minimum Gasteiger partial charge on any atom is -0.480 e. The topological polar surface area (TPSA) is 148 Å². The van der Waals surface area contributed by atoms with Crippen LogP contribution in [-0.4, -0.2) is 52.0 Å². The van der Waals surface area contributed by atoms with Crippen LogP contribution < -0.4 is 5.73 Å². The smallest absolute Gasteiger partial charge is 0.319 e. The van der Waals surface area contributed by atoms with E-state index >= 15 is 0 Å². The molecule has 17 heavy (non-hydrogen) atoms. The fourth-order valence-corrected chi connectivity index (χ4v) is 2.19. The van der Waals surface area contributed by atoms with Crippen LogP contribution in [0.5, 0.6) is 0 Å². The number of nitrogens with zero attached hydrogens (tertiary/aromatic N) is 3. The maximum absolute atomic E-state index is 11.5. The summed E-state index contributed by atoms with van der Waals surface area (Å²) in [6, 6.07) is 0. The summed E-state index contributed by atoms with van der Waals surface area (Å²) >= 11 is 0. The molecule has 0 saturated carbocycles. The van der Waals surface area contributed by atoms with E-state index in [0.29, 0.717) is 6.42 Å². The van der Waals surface area contributed by atoms with Gasteiger partial charge in [0.05, 0.1) is 0 Å². The number of carboxylic acids is 1. The second-order valence-corrected chi connectivity index (χ2v) is 5.14. The van der Waals surface area contributed by atoms with Gasteiger partial charge in [0.2, 0.25) is 14.9 Å². The molecular formula is C7H12N4O5S. The van der Waals surface area contributed by atoms with Gasteiger partial charge in [-0.05, 0) is 6.42 Å². The van der Waals surface area contributed by atoms with E-state index in [1.165, 1.54) is 0 Å². The Balaban J connectivity index is 3.00.